The van der Waals surface area contributed by atoms with E-state index < -0.39 is 0 Å². The van der Waals surface area contributed by atoms with Gasteiger partial charge < -0.3 is 9.47 Å². The van der Waals surface area contributed by atoms with Gasteiger partial charge in [0, 0.05) is 4.47 Å². The van der Waals surface area contributed by atoms with Crippen molar-refractivity contribution >= 4 is 21.9 Å². The highest BCUT2D eigenvalue weighted by molar-refractivity contribution is 9.10. The fraction of sp³-hybridized carbons (Fsp3) is 0.188. The molecule has 0 fully saturated rings. The van der Waals surface area contributed by atoms with Crippen molar-refractivity contribution in [2.45, 2.75) is 6.92 Å². The van der Waals surface area contributed by atoms with E-state index in [1.165, 1.54) is 0 Å². The maximum absolute atomic E-state index is 11.7. The molecule has 0 aliphatic rings. The third-order valence-corrected chi connectivity index (χ3v) is 3.61. The molecule has 0 aromatic heterocycles. The molecule has 0 aliphatic heterocycles. The van der Waals surface area contributed by atoms with Gasteiger partial charge in [-0.1, -0.05) is 34.1 Å². The van der Waals surface area contributed by atoms with Gasteiger partial charge in [-0.3, -0.25) is 0 Å². The van der Waals surface area contributed by atoms with Crippen LogP contribution in [0.3, 0.4) is 0 Å². The molecule has 3 nitrogen and oxygen atoms in total. The number of hydrogen-bond acceptors (Lipinski definition) is 3. The van der Waals surface area contributed by atoms with Crippen LogP contribution in [0.1, 0.15) is 15.9 Å². The topological polar surface area (TPSA) is 35.5 Å². The molecule has 0 radical (unpaired) electrons. The van der Waals surface area contributed by atoms with E-state index in [-0.39, 0.29) is 12.6 Å². The molecule has 104 valence electrons. The zero-order valence-corrected chi connectivity index (χ0v) is 12.7. The van der Waals surface area contributed by atoms with Crippen LogP contribution in [0.5, 0.6) is 5.75 Å². The molecule has 4 heteroatoms. The van der Waals surface area contributed by atoms with Crippen molar-refractivity contribution < 1.29 is 14.3 Å². The van der Waals surface area contributed by atoms with Gasteiger partial charge in [0.15, 0.2) is 0 Å². The minimum absolute atomic E-state index is 0.225. The number of hydrogen-bond donors (Lipinski definition) is 0. The largest absolute Gasteiger partial charge is 0.490 e. The lowest BCUT2D eigenvalue weighted by atomic mass is 10.2. The van der Waals surface area contributed by atoms with E-state index in [4.69, 9.17) is 9.47 Å². The second-order valence-electron chi connectivity index (χ2n) is 4.26. The first kappa shape index (κ1) is 14.6. The van der Waals surface area contributed by atoms with Crippen LogP contribution in [0.25, 0.3) is 0 Å². The van der Waals surface area contributed by atoms with Crippen molar-refractivity contribution in [2.75, 3.05) is 13.2 Å². The summed E-state index contributed by atoms with van der Waals surface area (Å²) < 4.78 is 11.7. The summed E-state index contributed by atoms with van der Waals surface area (Å²) in [4.78, 5) is 11.7. The fourth-order valence-electron chi connectivity index (χ4n) is 1.66. The fourth-order valence-corrected chi connectivity index (χ4v) is 1.91. The molecular weight excluding hydrogens is 320 g/mol. The van der Waals surface area contributed by atoms with Crippen LogP contribution in [0.2, 0.25) is 0 Å². The molecule has 0 N–H and O–H groups in total. The monoisotopic (exact) mass is 334 g/mol. The molecule has 2 aromatic rings. The van der Waals surface area contributed by atoms with Crippen molar-refractivity contribution in [1.82, 2.24) is 0 Å². The highest BCUT2D eigenvalue weighted by Gasteiger charge is 2.05. The van der Waals surface area contributed by atoms with E-state index in [0.717, 1.165) is 15.8 Å². The van der Waals surface area contributed by atoms with Gasteiger partial charge in [0.1, 0.15) is 19.0 Å². The van der Waals surface area contributed by atoms with Crippen molar-refractivity contribution in [3.8, 4) is 5.75 Å². The van der Waals surface area contributed by atoms with Crippen molar-refractivity contribution in [2.24, 2.45) is 0 Å². The number of rotatable bonds is 5. The first-order chi connectivity index (χ1) is 9.66. The summed E-state index contributed by atoms with van der Waals surface area (Å²) in [5.74, 6) is 0.433. The van der Waals surface area contributed by atoms with Gasteiger partial charge in [0.05, 0.1) is 5.56 Å². The molecule has 0 amide bonds. The lowest BCUT2D eigenvalue weighted by molar-refractivity contribution is 0.0450. The summed E-state index contributed by atoms with van der Waals surface area (Å²) in [6.45, 7) is 2.55. The van der Waals surface area contributed by atoms with Gasteiger partial charge in [-0.05, 0) is 42.8 Å². The van der Waals surface area contributed by atoms with Crippen molar-refractivity contribution in [3.05, 3.63) is 64.1 Å². The lowest BCUT2D eigenvalue weighted by Crippen LogP contribution is -2.12. The predicted octanol–water partition coefficient (Wildman–Crippen LogP) is 3.99. The van der Waals surface area contributed by atoms with Crippen LogP contribution in [-0.2, 0) is 4.74 Å². The molecule has 20 heavy (non-hydrogen) atoms. The summed E-state index contributed by atoms with van der Waals surface area (Å²) >= 11 is 3.43. The Morgan fingerprint density at radius 1 is 1.10 bits per heavy atom. The Morgan fingerprint density at radius 3 is 2.55 bits per heavy atom. The number of halogens is 1. The van der Waals surface area contributed by atoms with E-state index in [1.807, 2.05) is 31.2 Å². The maximum atomic E-state index is 11.7. The molecule has 0 saturated carbocycles. The highest BCUT2D eigenvalue weighted by Crippen LogP contribution is 2.21. The van der Waals surface area contributed by atoms with Crippen LogP contribution in [-0.4, -0.2) is 19.2 Å². The standard InChI is InChI=1S/C16H15BrO3/c1-12-11-14(7-8-15(12)17)19-9-10-20-16(18)13-5-3-2-4-6-13/h2-8,11H,9-10H2,1H3. The zero-order chi connectivity index (χ0) is 14.4. The van der Waals surface area contributed by atoms with E-state index in [0.29, 0.717) is 12.2 Å². The quantitative estimate of drug-likeness (QED) is 0.612. The van der Waals surface area contributed by atoms with Gasteiger partial charge in [-0.25, -0.2) is 4.79 Å². The third kappa shape index (κ3) is 4.10. The molecule has 2 aromatic carbocycles. The number of ether oxygens (including phenoxy) is 2. The van der Waals surface area contributed by atoms with Crippen LogP contribution in [0, 0.1) is 6.92 Å². The third-order valence-electron chi connectivity index (χ3n) is 2.72. The first-order valence-electron chi connectivity index (χ1n) is 6.28. The summed E-state index contributed by atoms with van der Waals surface area (Å²) in [5.41, 5.74) is 1.65. The number of carbonyl (C=O) groups excluding carboxylic acids is 1. The molecular formula is C16H15BrO3. The summed E-state index contributed by atoms with van der Waals surface area (Å²) in [6, 6.07) is 14.6. The normalized spacial score (nSPS) is 10.1. The predicted molar refractivity (Wildman–Crippen MR) is 81.1 cm³/mol. The SMILES string of the molecule is Cc1cc(OCCOC(=O)c2ccccc2)ccc1Br. The molecule has 0 heterocycles. The van der Waals surface area contributed by atoms with Gasteiger partial charge in [-0.15, -0.1) is 0 Å². The summed E-state index contributed by atoms with van der Waals surface area (Å²) in [6.07, 6.45) is 0. The molecule has 0 unspecified atom stereocenters. The maximum Gasteiger partial charge on any atom is 0.338 e. The molecule has 0 saturated heterocycles. The second-order valence-corrected chi connectivity index (χ2v) is 5.12. The zero-order valence-electron chi connectivity index (χ0n) is 11.1. The van der Waals surface area contributed by atoms with Crippen molar-refractivity contribution in [3.63, 3.8) is 0 Å². The van der Waals surface area contributed by atoms with Gasteiger partial charge in [-0.2, -0.15) is 0 Å². The van der Waals surface area contributed by atoms with Gasteiger partial charge >= 0.3 is 5.97 Å². The number of aryl methyl sites for hydroxylation is 1. The minimum atomic E-state index is -0.332. The lowest BCUT2D eigenvalue weighted by Gasteiger charge is -2.08. The minimum Gasteiger partial charge on any atom is -0.490 e. The molecule has 2 rings (SSSR count). The van der Waals surface area contributed by atoms with Crippen molar-refractivity contribution in [1.29, 1.82) is 0 Å². The smallest absolute Gasteiger partial charge is 0.338 e. The Balaban J connectivity index is 1.76. The van der Waals surface area contributed by atoms with E-state index in [1.54, 1.807) is 24.3 Å². The van der Waals surface area contributed by atoms with E-state index >= 15 is 0 Å². The Kier molecular flexibility index (Phi) is 5.18. The summed E-state index contributed by atoms with van der Waals surface area (Å²) in [7, 11) is 0. The van der Waals surface area contributed by atoms with Gasteiger partial charge in [0.2, 0.25) is 0 Å². The first-order valence-corrected chi connectivity index (χ1v) is 7.07. The molecule has 0 aliphatic carbocycles. The molecule has 0 atom stereocenters. The van der Waals surface area contributed by atoms with Crippen LogP contribution >= 0.6 is 15.9 Å². The van der Waals surface area contributed by atoms with Crippen LogP contribution in [0.4, 0.5) is 0 Å². The average molecular weight is 335 g/mol. The second kappa shape index (κ2) is 7.10. The molecule has 0 spiro atoms. The Labute approximate surface area is 126 Å². The van der Waals surface area contributed by atoms with Crippen LogP contribution < -0.4 is 4.74 Å². The number of benzene rings is 2. The average Bonchev–Trinajstić information content (AvgIpc) is 2.48. The van der Waals surface area contributed by atoms with Crippen LogP contribution in [0.15, 0.2) is 53.0 Å². The Hall–Kier alpha value is -1.81. The van der Waals surface area contributed by atoms with E-state index in [2.05, 4.69) is 15.9 Å². The number of esters is 1. The summed E-state index contributed by atoms with van der Waals surface area (Å²) in [5, 5.41) is 0. The van der Waals surface area contributed by atoms with Gasteiger partial charge in [0.25, 0.3) is 0 Å². The highest BCUT2D eigenvalue weighted by atomic mass is 79.9. The molecule has 0 bridgehead atoms. The Morgan fingerprint density at radius 2 is 1.85 bits per heavy atom. The van der Waals surface area contributed by atoms with E-state index in [9.17, 15) is 4.79 Å². The Bertz CT molecular complexity index is 582. The number of carbonyl (C=O) groups is 1.